The number of carboxylic acids is 1. The van der Waals surface area contributed by atoms with Crippen LogP contribution in [0.5, 0.6) is 5.75 Å². The van der Waals surface area contributed by atoms with E-state index in [1.54, 1.807) is 25.7 Å². The van der Waals surface area contributed by atoms with Crippen LogP contribution in [0.2, 0.25) is 0 Å². The first-order valence-corrected chi connectivity index (χ1v) is 50.0. The number of sulfone groups is 1. The Balaban J connectivity index is 0.000000231. The van der Waals surface area contributed by atoms with E-state index in [9.17, 15) is 142 Å². The monoisotopic (exact) mass is 2180 g/mol. The molecule has 24 nitrogen and oxygen atoms in total. The van der Waals surface area contributed by atoms with Crippen LogP contribution in [0.1, 0.15) is 240 Å². The van der Waals surface area contributed by atoms with Gasteiger partial charge in [-0.25, -0.2) is 32.2 Å². The molecule has 4 aromatic heterocycles. The predicted molar refractivity (Wildman–Crippen MR) is 503 cm³/mol. The van der Waals surface area contributed by atoms with Crippen molar-refractivity contribution < 1.29 is 147 Å². The van der Waals surface area contributed by atoms with E-state index < -0.39 is 165 Å². The highest BCUT2D eigenvalue weighted by Gasteiger charge is 2.44. The van der Waals surface area contributed by atoms with Gasteiger partial charge in [0.2, 0.25) is 5.95 Å². The Bertz CT molecular complexity index is 6050. The Hall–Kier alpha value is -12.0. The minimum Gasteiger partial charge on any atom is -0.489 e. The number of ketones is 2. The van der Waals surface area contributed by atoms with Crippen molar-refractivity contribution in [2.24, 2.45) is 49.6 Å². The van der Waals surface area contributed by atoms with Crippen LogP contribution < -0.4 is 34.1 Å². The van der Waals surface area contributed by atoms with E-state index in [0.29, 0.717) is 145 Å². The van der Waals surface area contributed by atoms with Crippen molar-refractivity contribution in [3.63, 3.8) is 0 Å². The highest BCUT2D eigenvalue weighted by Crippen LogP contribution is 2.48. The standard InChI is InChI=1S/C37H44F8N4O5S.C32H37F9N6O.C30H34F9N7O/c1-5-48(21-25-8-6-24(7-9-25)14-33(50)51)32-11-10-28(36(40,41)42)17-27(32)22-49(34-46-19-31(20-47-34)54-12-13-55(4,52)53)23(2)26-15-29(35(3,38)39)18-30(16-26)37(43,44)45;1-5-46(16-22-8-6-21(7-9-22)11-20(3)48)28-10-19(2)27(32(39,40)41)14-24(28)18-47(29-42-44-45(4)43-29)17-23-12-25(30(33,34)35)15-26(13-23)31(36,37)38;1-4-45(15-20-7-5-19(6-8-20)9-18(2)47)26-22(12-25(14-40-26)30(37,38)39)17-46(27-41-43-44(3)42-27)16-21-10-23(28(31,32)33)13-24(11-21)29(34,35)36/h10-11,15-20,23-25H,5-9,12-14,21-22H2,1-4H3,(H,50,51);10,12-15,21-22H,5-9,11,16-18H2,1-4H3;10-14,19-20H,4-9,15-17H2,1-3H3. The zero-order valence-electron chi connectivity index (χ0n) is 83.5. The summed E-state index contributed by atoms with van der Waals surface area (Å²) in [7, 11) is -0.608. The van der Waals surface area contributed by atoms with Crippen LogP contribution in [-0.4, -0.2) is 144 Å². The molecule has 12 rings (SSSR count). The summed E-state index contributed by atoms with van der Waals surface area (Å²) >= 11 is 0. The largest absolute Gasteiger partial charge is 0.489 e. The van der Waals surface area contributed by atoms with Crippen LogP contribution >= 0.6 is 0 Å². The first kappa shape index (κ1) is 120. The summed E-state index contributed by atoms with van der Waals surface area (Å²) in [5, 5.41) is 32.4. The SMILES string of the molecule is CCN(CC1CCC(CC(=O)O)CC1)c1ccc(C(F)(F)F)cc1CN(c1ncc(OCCS(C)(=O)=O)cn1)C(C)c1cc(C(C)(F)F)cc(C(F)(F)F)c1.CCN(CC1CCC(CC(C)=O)CC1)c1cc(C)c(C(F)(F)F)cc1CN(Cc1cc(C(F)(F)F)cc(C(F)(F)F)c1)c1nnn(C)n1.CCN(CC1CCC(CC(C)=O)CC1)c1ncc(C(F)(F)F)cc1CN(Cc1cc(C(F)(F)F)cc(C(F)(F)F)c1)c1nnn(C)n1. The smallest absolute Gasteiger partial charge is 0.417 e. The van der Waals surface area contributed by atoms with Crippen LogP contribution in [0.4, 0.5) is 149 Å². The molecule has 5 aromatic carbocycles. The fraction of sp³-hybridized carbons (Fsp3) is 0.556. The molecule has 0 spiro atoms. The quantitative estimate of drug-likeness (QED) is 0.0353. The average Bonchev–Trinajstić information content (AvgIpc) is 1.59. The number of tetrazole rings is 2. The molecule has 826 valence electrons. The third-order valence-electron chi connectivity index (χ3n) is 26.5. The summed E-state index contributed by atoms with van der Waals surface area (Å²) in [4.78, 5) is 58.4. The second-order valence-corrected chi connectivity index (χ2v) is 40.7. The number of carboxylic acid groups (broad SMARTS) is 1. The lowest BCUT2D eigenvalue weighted by atomic mass is 9.79. The number of aryl methyl sites for hydroxylation is 3. The van der Waals surface area contributed by atoms with Crippen LogP contribution in [0, 0.1) is 42.4 Å². The zero-order valence-corrected chi connectivity index (χ0v) is 84.3. The van der Waals surface area contributed by atoms with Gasteiger partial charge in [-0.1, -0.05) is 10.2 Å². The van der Waals surface area contributed by atoms with Gasteiger partial charge in [-0.2, -0.15) is 115 Å². The highest BCUT2D eigenvalue weighted by atomic mass is 32.2. The molecular formula is C99H115F26N17O7S. The molecule has 150 heavy (non-hydrogen) atoms. The number of hydrogen-bond donors (Lipinski definition) is 1. The molecule has 3 fully saturated rings. The number of rotatable bonds is 38. The topological polar surface area (TPSA) is 260 Å². The lowest BCUT2D eigenvalue weighted by Gasteiger charge is -2.36. The van der Waals surface area contributed by atoms with Gasteiger partial charge in [0.05, 0.1) is 82.8 Å². The van der Waals surface area contributed by atoms with Gasteiger partial charge < -0.3 is 48.8 Å². The third-order valence-corrected chi connectivity index (χ3v) is 27.4. The maximum atomic E-state index is 14.6. The number of hydrogen-bond acceptors (Lipinski definition) is 21. The molecule has 3 saturated carbocycles. The number of carbonyl (C=O) groups excluding carboxylic acids is 2. The van der Waals surface area contributed by atoms with Gasteiger partial charge in [-0.15, -0.1) is 10.2 Å². The second kappa shape index (κ2) is 49.2. The van der Waals surface area contributed by atoms with E-state index in [0.717, 1.165) is 115 Å². The second-order valence-electron chi connectivity index (χ2n) is 38.5. The fourth-order valence-electron chi connectivity index (χ4n) is 18.9. The van der Waals surface area contributed by atoms with E-state index in [1.165, 1.54) is 49.9 Å². The van der Waals surface area contributed by atoms with Gasteiger partial charge in [0.1, 0.15) is 24.0 Å². The molecule has 3 aliphatic rings. The van der Waals surface area contributed by atoms with E-state index in [4.69, 9.17) is 4.74 Å². The van der Waals surface area contributed by atoms with Gasteiger partial charge in [0, 0.05) is 133 Å². The number of halogens is 26. The third kappa shape index (κ3) is 34.8. The molecular weight excluding hydrogens is 2070 g/mol. The summed E-state index contributed by atoms with van der Waals surface area (Å²) in [5.41, 5.74) is -11.4. The van der Waals surface area contributed by atoms with Crippen molar-refractivity contribution in [2.45, 2.75) is 246 Å². The van der Waals surface area contributed by atoms with Crippen molar-refractivity contribution in [1.29, 1.82) is 0 Å². The molecule has 1 unspecified atom stereocenters. The predicted octanol–water partition coefficient (Wildman–Crippen LogP) is 24.8. The molecule has 4 heterocycles. The van der Waals surface area contributed by atoms with Crippen LogP contribution in [0.15, 0.2) is 110 Å². The minimum atomic E-state index is -5.10. The minimum absolute atomic E-state index is 0.00402. The number of ether oxygens (including phenoxy) is 1. The molecule has 0 aliphatic heterocycles. The Kier molecular flexibility index (Phi) is 39.3. The Labute approximate surface area is 848 Å². The van der Waals surface area contributed by atoms with Crippen LogP contribution in [0.25, 0.3) is 0 Å². The molecule has 9 aromatic rings. The molecule has 0 amide bonds. The number of pyridine rings is 1. The molecule has 1 atom stereocenters. The summed E-state index contributed by atoms with van der Waals surface area (Å²) in [6.07, 6.45) is -25.2. The molecule has 51 heteroatoms. The fourth-order valence-corrected chi connectivity index (χ4v) is 19.3. The van der Waals surface area contributed by atoms with Gasteiger partial charge >= 0.3 is 55.4 Å². The lowest BCUT2D eigenvalue weighted by Crippen LogP contribution is -2.34. The van der Waals surface area contributed by atoms with Crippen molar-refractivity contribution >= 4 is 62.4 Å². The van der Waals surface area contributed by atoms with E-state index in [2.05, 4.69) is 45.8 Å². The van der Waals surface area contributed by atoms with Crippen molar-refractivity contribution in [3.8, 4) is 5.75 Å². The molecule has 1 N–H and O–H groups in total. The van der Waals surface area contributed by atoms with Crippen molar-refractivity contribution in [3.05, 3.63) is 199 Å². The Morgan fingerprint density at radius 3 is 1.17 bits per heavy atom. The molecule has 0 radical (unpaired) electrons. The maximum Gasteiger partial charge on any atom is 0.417 e. The normalized spacial score (nSPS) is 17.5. The highest BCUT2D eigenvalue weighted by molar-refractivity contribution is 7.90. The summed E-state index contributed by atoms with van der Waals surface area (Å²) < 4.78 is 390. The molecule has 3 aliphatic carbocycles. The van der Waals surface area contributed by atoms with Gasteiger partial charge in [0.15, 0.2) is 15.6 Å². The van der Waals surface area contributed by atoms with E-state index in [-0.39, 0.29) is 136 Å². The number of aliphatic carboxylic acids is 1. The Morgan fingerprint density at radius 2 is 0.793 bits per heavy atom. The summed E-state index contributed by atoms with van der Waals surface area (Å²) in [6.45, 7) is 11.6. The molecule has 0 bridgehead atoms. The number of aromatic nitrogens is 11. The van der Waals surface area contributed by atoms with Gasteiger partial charge in [-0.3, -0.25) is 4.79 Å². The number of benzene rings is 5. The first-order valence-electron chi connectivity index (χ1n) is 48.0. The number of anilines is 6. The van der Waals surface area contributed by atoms with Gasteiger partial charge in [0.25, 0.3) is 17.8 Å². The summed E-state index contributed by atoms with van der Waals surface area (Å²) in [6, 6.07) is 9.39. The average molecular weight is 2180 g/mol. The van der Waals surface area contributed by atoms with E-state index in [1.807, 2.05) is 23.6 Å². The number of carbonyl (C=O) groups is 3. The van der Waals surface area contributed by atoms with Crippen molar-refractivity contribution in [1.82, 2.24) is 55.4 Å². The van der Waals surface area contributed by atoms with Crippen LogP contribution in [0.3, 0.4) is 0 Å². The number of alkyl halides is 26. The zero-order chi connectivity index (χ0) is 111. The van der Waals surface area contributed by atoms with E-state index >= 15 is 0 Å². The van der Waals surface area contributed by atoms with Crippen molar-refractivity contribution in [2.75, 3.05) is 87.3 Å². The van der Waals surface area contributed by atoms with Gasteiger partial charge in [-0.05, 0) is 296 Å². The van der Waals surface area contributed by atoms with Crippen LogP contribution in [-0.2, 0) is 126 Å². The molecule has 0 saturated heterocycles. The Morgan fingerprint density at radius 1 is 0.420 bits per heavy atom. The lowest BCUT2D eigenvalue weighted by molar-refractivity contribution is -0.144. The first-order chi connectivity index (χ1) is 69.5. The number of nitrogens with zero attached hydrogens (tertiary/aromatic N) is 17. The number of Topliss-reactive ketones (excluding diaryl/α,β-unsaturated/α-hetero) is 2. The summed E-state index contributed by atoms with van der Waals surface area (Å²) in [5.74, 6) is -3.97. The maximum absolute atomic E-state index is 14.6.